The van der Waals surface area contributed by atoms with Gasteiger partial charge in [-0.05, 0) is 12.8 Å². The number of ether oxygens (including phenoxy) is 1. The minimum atomic E-state index is -1.23. The summed E-state index contributed by atoms with van der Waals surface area (Å²) in [4.78, 5) is 3.87. The Morgan fingerprint density at radius 2 is 2.21 bits per heavy atom. The summed E-state index contributed by atoms with van der Waals surface area (Å²) in [6.45, 7) is 1.19. The van der Waals surface area contributed by atoms with Crippen LogP contribution in [0.2, 0.25) is 0 Å². The van der Waals surface area contributed by atoms with E-state index in [1.54, 1.807) is 6.92 Å². The van der Waals surface area contributed by atoms with Crippen LogP contribution in [0.4, 0.5) is 0 Å². The van der Waals surface area contributed by atoms with E-state index < -0.39 is 31.1 Å². The summed E-state index contributed by atoms with van der Waals surface area (Å²) in [7, 11) is 0. The van der Waals surface area contributed by atoms with Crippen LogP contribution in [0.5, 0.6) is 0 Å². The zero-order valence-electron chi connectivity index (χ0n) is 10.2. The van der Waals surface area contributed by atoms with Gasteiger partial charge in [-0.15, -0.1) is 0 Å². The van der Waals surface area contributed by atoms with Crippen molar-refractivity contribution in [1.82, 2.24) is 9.55 Å². The Hall–Kier alpha value is -1.90. The largest absolute Gasteiger partial charge is 0.394 e. The van der Waals surface area contributed by atoms with Crippen LogP contribution in [0.3, 0.4) is 0 Å². The molecule has 7 nitrogen and oxygen atoms in total. The van der Waals surface area contributed by atoms with Crippen molar-refractivity contribution in [3.8, 4) is 17.9 Å². The lowest BCUT2D eigenvalue weighted by atomic mass is 10.1. The molecule has 1 aromatic heterocycles. The van der Waals surface area contributed by atoms with Crippen molar-refractivity contribution in [3.63, 3.8) is 0 Å². The molecular formula is C12H13N3O4. The fraction of sp³-hybridized carbons (Fsp3) is 0.500. The zero-order chi connectivity index (χ0) is 14.0. The lowest BCUT2D eigenvalue weighted by Crippen LogP contribution is -2.33. The maximum Gasteiger partial charge on any atom is 0.174 e. The predicted molar refractivity (Wildman–Crippen MR) is 62.5 cm³/mol. The Kier molecular flexibility index (Phi) is 3.84. The van der Waals surface area contributed by atoms with Gasteiger partial charge in [0.15, 0.2) is 11.9 Å². The second-order valence-electron chi connectivity index (χ2n) is 4.06. The van der Waals surface area contributed by atoms with E-state index in [9.17, 15) is 10.2 Å². The van der Waals surface area contributed by atoms with Crippen molar-refractivity contribution in [1.29, 1.82) is 5.26 Å². The molecule has 7 heteroatoms. The number of hydrogen-bond donors (Lipinski definition) is 3. The predicted octanol–water partition coefficient (Wildman–Crippen LogP) is -1.26. The number of nitrogens with zero attached hydrogens (tertiary/aromatic N) is 3. The molecule has 1 aromatic rings. The Morgan fingerprint density at radius 3 is 2.74 bits per heavy atom. The molecule has 1 aliphatic rings. The minimum absolute atomic E-state index is 0.118. The summed E-state index contributed by atoms with van der Waals surface area (Å²) in [5, 5.41) is 37.6. The third-order valence-electron chi connectivity index (χ3n) is 2.93. The number of nitriles is 1. The molecule has 1 saturated heterocycles. The van der Waals surface area contributed by atoms with E-state index in [0.717, 1.165) is 0 Å². The molecule has 19 heavy (non-hydrogen) atoms. The van der Waals surface area contributed by atoms with Gasteiger partial charge in [0.1, 0.15) is 30.1 Å². The summed E-state index contributed by atoms with van der Waals surface area (Å²) in [5.74, 6) is 5.36. The fourth-order valence-corrected chi connectivity index (χ4v) is 1.99. The standard InChI is InChI=1S/C12H13N3O4/c1-2-3-8-7(4-13)14-6-15(8)12-11(18)10(17)9(5-16)19-12/h6,9-12,16-18H,5H2,1H3/t9-,10-,11-,12-/m1/s1. The molecule has 2 rings (SSSR count). The molecule has 0 aliphatic carbocycles. The van der Waals surface area contributed by atoms with Crippen molar-refractivity contribution < 1.29 is 20.1 Å². The van der Waals surface area contributed by atoms with Gasteiger partial charge in [0.2, 0.25) is 0 Å². The SMILES string of the molecule is CC#Cc1c(C#N)ncn1[C@@H]1O[C@H](CO)[C@@H](O)[C@H]1O. The molecule has 0 aromatic carbocycles. The van der Waals surface area contributed by atoms with Crippen LogP contribution >= 0.6 is 0 Å². The zero-order valence-corrected chi connectivity index (χ0v) is 10.2. The summed E-state index contributed by atoms with van der Waals surface area (Å²) >= 11 is 0. The van der Waals surface area contributed by atoms with E-state index in [4.69, 9.17) is 15.1 Å². The summed E-state index contributed by atoms with van der Waals surface area (Å²) < 4.78 is 6.75. The van der Waals surface area contributed by atoms with Crippen molar-refractivity contribution in [3.05, 3.63) is 17.7 Å². The molecule has 100 valence electrons. The van der Waals surface area contributed by atoms with Crippen LogP contribution < -0.4 is 0 Å². The smallest absolute Gasteiger partial charge is 0.174 e. The normalized spacial score (nSPS) is 29.6. The minimum Gasteiger partial charge on any atom is -0.394 e. The Labute approximate surface area is 109 Å². The van der Waals surface area contributed by atoms with Gasteiger partial charge < -0.3 is 20.1 Å². The average Bonchev–Trinajstić information content (AvgIpc) is 2.93. The molecule has 4 atom stereocenters. The fourth-order valence-electron chi connectivity index (χ4n) is 1.99. The van der Waals surface area contributed by atoms with Crippen LogP contribution in [-0.2, 0) is 4.74 Å². The van der Waals surface area contributed by atoms with Gasteiger partial charge in [-0.2, -0.15) is 5.26 Å². The summed E-state index contributed by atoms with van der Waals surface area (Å²) in [6, 6.07) is 1.89. The lowest BCUT2D eigenvalue weighted by Gasteiger charge is -2.17. The Morgan fingerprint density at radius 1 is 1.47 bits per heavy atom. The molecule has 0 bridgehead atoms. The molecule has 1 aliphatic heterocycles. The third-order valence-corrected chi connectivity index (χ3v) is 2.93. The first kappa shape index (κ1) is 13.5. The molecule has 1 fully saturated rings. The van der Waals surface area contributed by atoms with E-state index in [0.29, 0.717) is 5.69 Å². The molecule has 3 N–H and O–H groups in total. The molecule has 0 amide bonds. The maximum atomic E-state index is 9.92. The summed E-state index contributed by atoms with van der Waals surface area (Å²) in [5.41, 5.74) is 0.423. The molecular weight excluding hydrogens is 250 g/mol. The van der Waals surface area contributed by atoms with Gasteiger partial charge in [-0.25, -0.2) is 4.98 Å². The number of aliphatic hydroxyl groups excluding tert-OH is 3. The van der Waals surface area contributed by atoms with Gasteiger partial charge in [0.25, 0.3) is 0 Å². The Balaban J connectivity index is 2.40. The topological polar surface area (TPSA) is 112 Å². The number of imidazole rings is 1. The van der Waals surface area contributed by atoms with Gasteiger partial charge in [0, 0.05) is 0 Å². The highest BCUT2D eigenvalue weighted by Crippen LogP contribution is 2.30. The molecule has 0 saturated carbocycles. The van der Waals surface area contributed by atoms with Gasteiger partial charge >= 0.3 is 0 Å². The van der Waals surface area contributed by atoms with Crippen molar-refractivity contribution in [2.75, 3.05) is 6.61 Å². The van der Waals surface area contributed by atoms with Crippen LogP contribution in [0, 0.1) is 23.2 Å². The quantitative estimate of drug-likeness (QED) is 0.574. The monoisotopic (exact) mass is 263 g/mol. The van der Waals surface area contributed by atoms with Crippen molar-refractivity contribution >= 4 is 0 Å². The maximum absolute atomic E-state index is 9.92. The highest BCUT2D eigenvalue weighted by molar-refractivity contribution is 5.40. The molecule has 0 spiro atoms. The van der Waals surface area contributed by atoms with E-state index in [1.807, 2.05) is 6.07 Å². The van der Waals surface area contributed by atoms with E-state index in [-0.39, 0.29) is 5.69 Å². The number of aromatic nitrogens is 2. The number of rotatable bonds is 2. The number of aliphatic hydroxyl groups is 3. The first-order valence-electron chi connectivity index (χ1n) is 5.66. The Bertz CT molecular complexity index is 566. The van der Waals surface area contributed by atoms with Crippen molar-refractivity contribution in [2.24, 2.45) is 0 Å². The average molecular weight is 263 g/mol. The summed E-state index contributed by atoms with van der Waals surface area (Å²) in [6.07, 6.45) is -2.92. The van der Waals surface area contributed by atoms with Crippen LogP contribution in [0.25, 0.3) is 0 Å². The van der Waals surface area contributed by atoms with E-state index in [1.165, 1.54) is 10.9 Å². The highest BCUT2D eigenvalue weighted by atomic mass is 16.6. The van der Waals surface area contributed by atoms with E-state index in [2.05, 4.69) is 16.8 Å². The number of hydrogen-bond acceptors (Lipinski definition) is 6. The first-order chi connectivity index (χ1) is 9.13. The molecule has 0 radical (unpaired) electrons. The van der Waals surface area contributed by atoms with E-state index >= 15 is 0 Å². The highest BCUT2D eigenvalue weighted by Gasteiger charge is 2.44. The van der Waals surface area contributed by atoms with Gasteiger partial charge in [0.05, 0.1) is 12.9 Å². The van der Waals surface area contributed by atoms with Crippen LogP contribution in [0.1, 0.15) is 24.5 Å². The molecule has 2 heterocycles. The van der Waals surface area contributed by atoms with Crippen molar-refractivity contribution in [2.45, 2.75) is 31.5 Å². The lowest BCUT2D eigenvalue weighted by molar-refractivity contribution is -0.0531. The second-order valence-corrected chi connectivity index (χ2v) is 4.06. The third kappa shape index (κ3) is 2.21. The van der Waals surface area contributed by atoms with Crippen LogP contribution in [0.15, 0.2) is 6.33 Å². The van der Waals surface area contributed by atoms with Crippen LogP contribution in [-0.4, -0.2) is 49.8 Å². The second kappa shape index (κ2) is 5.39. The molecule has 0 unspecified atom stereocenters. The van der Waals surface area contributed by atoms with Gasteiger partial charge in [-0.1, -0.05) is 5.92 Å². The van der Waals surface area contributed by atoms with Gasteiger partial charge in [-0.3, -0.25) is 4.57 Å². The first-order valence-corrected chi connectivity index (χ1v) is 5.66.